The minimum absolute atomic E-state index is 0.0314. The number of amides is 1. The van der Waals surface area contributed by atoms with Gasteiger partial charge in [0, 0.05) is 6.54 Å². The van der Waals surface area contributed by atoms with Crippen molar-refractivity contribution >= 4 is 5.91 Å². The van der Waals surface area contributed by atoms with Crippen LogP contribution in [0.25, 0.3) is 0 Å². The lowest BCUT2D eigenvalue weighted by atomic mass is 9.74. The number of carbonyl (C=O) groups excluding carboxylic acids is 1. The Bertz CT molecular complexity index is 336. The first-order valence-corrected chi connectivity index (χ1v) is 7.69. The zero-order valence-corrected chi connectivity index (χ0v) is 11.8. The average Bonchev–Trinajstić information content (AvgIpc) is 2.97. The number of rotatable bonds is 5. The van der Waals surface area contributed by atoms with E-state index in [0.29, 0.717) is 6.54 Å². The highest BCUT2D eigenvalue weighted by Crippen LogP contribution is 2.35. The van der Waals surface area contributed by atoms with Crippen LogP contribution in [-0.2, 0) is 4.79 Å². The highest BCUT2D eigenvalue weighted by Gasteiger charge is 2.39. The fraction of sp³-hybridized carbons (Fsp3) is 0.867. The number of nitriles is 1. The maximum absolute atomic E-state index is 12.2. The van der Waals surface area contributed by atoms with Crippen molar-refractivity contribution in [2.75, 3.05) is 26.2 Å². The molecule has 2 rings (SSSR count). The van der Waals surface area contributed by atoms with E-state index in [9.17, 15) is 10.1 Å². The third kappa shape index (κ3) is 3.70. The lowest BCUT2D eigenvalue weighted by Gasteiger charge is -2.29. The minimum atomic E-state index is -0.730. The summed E-state index contributed by atoms with van der Waals surface area (Å²) < 4.78 is 0. The summed E-state index contributed by atoms with van der Waals surface area (Å²) in [4.78, 5) is 14.7. The van der Waals surface area contributed by atoms with Gasteiger partial charge in [0.05, 0.1) is 6.07 Å². The van der Waals surface area contributed by atoms with E-state index in [0.717, 1.165) is 45.1 Å². The van der Waals surface area contributed by atoms with Gasteiger partial charge in [-0.15, -0.1) is 0 Å². The molecule has 2 fully saturated rings. The van der Waals surface area contributed by atoms with Crippen molar-refractivity contribution in [3.05, 3.63) is 0 Å². The van der Waals surface area contributed by atoms with Gasteiger partial charge in [0.1, 0.15) is 5.41 Å². The molecule has 0 aromatic carbocycles. The normalized spacial score (nSPS) is 22.9. The molecule has 106 valence electrons. The van der Waals surface area contributed by atoms with Crippen molar-refractivity contribution in [2.45, 2.75) is 51.4 Å². The maximum Gasteiger partial charge on any atom is 0.240 e. The van der Waals surface area contributed by atoms with Gasteiger partial charge in [-0.2, -0.15) is 5.26 Å². The van der Waals surface area contributed by atoms with Gasteiger partial charge in [0.25, 0.3) is 0 Å². The molecule has 4 nitrogen and oxygen atoms in total. The van der Waals surface area contributed by atoms with Gasteiger partial charge in [-0.05, 0) is 51.7 Å². The molecule has 1 saturated heterocycles. The Kier molecular flexibility index (Phi) is 5.21. The summed E-state index contributed by atoms with van der Waals surface area (Å²) in [5.74, 6) is -0.0314. The van der Waals surface area contributed by atoms with Crippen molar-refractivity contribution in [3.8, 4) is 6.07 Å². The summed E-state index contributed by atoms with van der Waals surface area (Å²) in [5.41, 5.74) is -0.730. The molecule has 1 amide bonds. The smallest absolute Gasteiger partial charge is 0.240 e. The molecule has 4 heteroatoms. The van der Waals surface area contributed by atoms with Crippen LogP contribution in [0.2, 0.25) is 0 Å². The first kappa shape index (κ1) is 14.3. The zero-order chi connectivity index (χ0) is 13.6. The topological polar surface area (TPSA) is 56.1 Å². The van der Waals surface area contributed by atoms with Crippen molar-refractivity contribution in [1.82, 2.24) is 10.2 Å². The van der Waals surface area contributed by atoms with Crippen LogP contribution in [0.4, 0.5) is 0 Å². The Hall–Kier alpha value is -1.08. The molecular formula is C15H25N3O. The third-order valence-electron chi connectivity index (χ3n) is 4.49. The largest absolute Gasteiger partial charge is 0.355 e. The summed E-state index contributed by atoms with van der Waals surface area (Å²) in [7, 11) is 0. The molecule has 0 aromatic heterocycles. The molecular weight excluding hydrogens is 238 g/mol. The molecule has 0 atom stereocenters. The molecule has 19 heavy (non-hydrogen) atoms. The molecule has 0 radical (unpaired) electrons. The number of nitrogens with zero attached hydrogens (tertiary/aromatic N) is 2. The zero-order valence-electron chi connectivity index (χ0n) is 11.8. The van der Waals surface area contributed by atoms with E-state index in [4.69, 9.17) is 0 Å². The molecule has 1 aliphatic heterocycles. The van der Waals surface area contributed by atoms with E-state index >= 15 is 0 Å². The van der Waals surface area contributed by atoms with Crippen LogP contribution in [0.3, 0.4) is 0 Å². The summed E-state index contributed by atoms with van der Waals surface area (Å²) in [5, 5.41) is 12.3. The van der Waals surface area contributed by atoms with E-state index in [1.54, 1.807) is 0 Å². The fourth-order valence-electron chi connectivity index (χ4n) is 3.22. The molecule has 0 spiro atoms. The van der Waals surface area contributed by atoms with Crippen molar-refractivity contribution in [1.29, 1.82) is 5.26 Å². The highest BCUT2D eigenvalue weighted by atomic mass is 16.2. The van der Waals surface area contributed by atoms with Crippen LogP contribution in [-0.4, -0.2) is 37.0 Å². The molecule has 2 aliphatic rings. The molecule has 1 aliphatic carbocycles. The van der Waals surface area contributed by atoms with Crippen molar-refractivity contribution in [2.24, 2.45) is 5.41 Å². The van der Waals surface area contributed by atoms with Gasteiger partial charge in [-0.1, -0.05) is 19.3 Å². The van der Waals surface area contributed by atoms with Gasteiger partial charge < -0.3 is 10.2 Å². The van der Waals surface area contributed by atoms with Crippen molar-refractivity contribution < 1.29 is 4.79 Å². The van der Waals surface area contributed by atoms with E-state index in [2.05, 4.69) is 16.3 Å². The molecule has 0 bridgehead atoms. The third-order valence-corrected chi connectivity index (χ3v) is 4.49. The quantitative estimate of drug-likeness (QED) is 0.772. The number of carbonyl (C=O) groups is 1. The predicted octanol–water partition coefficient (Wildman–Crippen LogP) is 2.06. The molecule has 1 saturated carbocycles. The maximum atomic E-state index is 12.2. The fourth-order valence-corrected chi connectivity index (χ4v) is 3.22. The van der Waals surface area contributed by atoms with Crippen LogP contribution >= 0.6 is 0 Å². The van der Waals surface area contributed by atoms with Crippen LogP contribution in [0.15, 0.2) is 0 Å². The molecule has 0 unspecified atom stereocenters. The summed E-state index contributed by atoms with van der Waals surface area (Å²) >= 11 is 0. The first-order chi connectivity index (χ1) is 9.27. The summed E-state index contributed by atoms with van der Waals surface area (Å²) in [6.07, 6.45) is 8.26. The van der Waals surface area contributed by atoms with Gasteiger partial charge in [0.15, 0.2) is 0 Å². The molecule has 1 N–H and O–H groups in total. The number of hydrogen-bond donors (Lipinski definition) is 1. The van der Waals surface area contributed by atoms with E-state index in [1.165, 1.54) is 25.9 Å². The lowest BCUT2D eigenvalue weighted by Crippen LogP contribution is -2.42. The van der Waals surface area contributed by atoms with Crippen molar-refractivity contribution in [3.63, 3.8) is 0 Å². The van der Waals surface area contributed by atoms with E-state index < -0.39 is 5.41 Å². The van der Waals surface area contributed by atoms with Gasteiger partial charge >= 0.3 is 0 Å². The van der Waals surface area contributed by atoms with Crippen LogP contribution in [0.1, 0.15) is 51.4 Å². The first-order valence-electron chi connectivity index (χ1n) is 7.69. The van der Waals surface area contributed by atoms with E-state index in [-0.39, 0.29) is 5.91 Å². The number of likely N-dealkylation sites (tertiary alicyclic amines) is 1. The second kappa shape index (κ2) is 6.91. The SMILES string of the molecule is N#CC1(C(=O)NCCCN2CCCC2)CCCCC1. The molecule has 1 heterocycles. The van der Waals surface area contributed by atoms with E-state index in [1.807, 2.05) is 0 Å². The minimum Gasteiger partial charge on any atom is -0.355 e. The average molecular weight is 263 g/mol. The number of nitrogens with one attached hydrogen (secondary N) is 1. The predicted molar refractivity (Wildman–Crippen MR) is 74.4 cm³/mol. The summed E-state index contributed by atoms with van der Waals surface area (Å²) in [6.45, 7) is 4.19. The monoisotopic (exact) mass is 263 g/mol. The highest BCUT2D eigenvalue weighted by molar-refractivity contribution is 5.85. The standard InChI is InChI=1S/C15H25N3O/c16-13-15(7-2-1-3-8-15)14(19)17-9-6-12-18-10-4-5-11-18/h1-12H2,(H,17,19). The van der Waals surface area contributed by atoms with Crippen LogP contribution < -0.4 is 5.32 Å². The van der Waals surface area contributed by atoms with Crippen LogP contribution in [0.5, 0.6) is 0 Å². The van der Waals surface area contributed by atoms with Gasteiger partial charge in [-0.3, -0.25) is 4.79 Å². The van der Waals surface area contributed by atoms with Crippen LogP contribution in [0, 0.1) is 16.7 Å². The van der Waals surface area contributed by atoms with Gasteiger partial charge in [0.2, 0.25) is 5.91 Å². The van der Waals surface area contributed by atoms with Gasteiger partial charge in [-0.25, -0.2) is 0 Å². The molecule has 0 aromatic rings. The summed E-state index contributed by atoms with van der Waals surface area (Å²) in [6, 6.07) is 2.28. The Morgan fingerprint density at radius 3 is 2.47 bits per heavy atom. The number of hydrogen-bond acceptors (Lipinski definition) is 3. The second-order valence-corrected chi connectivity index (χ2v) is 5.91. The Labute approximate surface area is 116 Å². The Balaban J connectivity index is 1.69. The lowest BCUT2D eigenvalue weighted by molar-refractivity contribution is -0.129. The Morgan fingerprint density at radius 1 is 1.16 bits per heavy atom. The Morgan fingerprint density at radius 2 is 1.84 bits per heavy atom. The second-order valence-electron chi connectivity index (χ2n) is 5.91.